The predicted molar refractivity (Wildman–Crippen MR) is 91.0 cm³/mol. The summed E-state index contributed by atoms with van der Waals surface area (Å²) in [6.45, 7) is 5.65. The SMILES string of the molecule is Fc1ccc(-c2nc(CN3CCC(N4CCCC4)CC3)co2)cc1. The lowest BCUT2D eigenvalue weighted by Crippen LogP contribution is -2.43. The van der Waals surface area contributed by atoms with Crippen molar-refractivity contribution in [1.29, 1.82) is 0 Å². The summed E-state index contributed by atoms with van der Waals surface area (Å²) in [5.74, 6) is 0.323. The van der Waals surface area contributed by atoms with Crippen molar-refractivity contribution in [2.24, 2.45) is 0 Å². The summed E-state index contributed by atoms with van der Waals surface area (Å²) in [5.41, 5.74) is 1.77. The first-order valence-corrected chi connectivity index (χ1v) is 8.95. The lowest BCUT2D eigenvalue weighted by atomic mass is 10.0. The molecule has 0 N–H and O–H groups in total. The van der Waals surface area contributed by atoms with Crippen molar-refractivity contribution in [2.45, 2.75) is 38.3 Å². The maximum atomic E-state index is 13.0. The standard InChI is InChI=1S/C19H24FN3O/c20-16-5-3-15(4-6-16)19-21-17(14-24-19)13-22-11-7-18(8-12-22)23-9-1-2-10-23/h3-6,14,18H,1-2,7-13H2. The Bertz CT molecular complexity index is 656. The second kappa shape index (κ2) is 7.03. The molecule has 0 radical (unpaired) electrons. The van der Waals surface area contributed by atoms with Crippen LogP contribution in [0.1, 0.15) is 31.4 Å². The average Bonchev–Trinajstić information content (AvgIpc) is 3.28. The summed E-state index contributed by atoms with van der Waals surface area (Å²) in [6, 6.07) is 7.04. The molecule has 0 atom stereocenters. The molecule has 2 saturated heterocycles. The second-order valence-corrected chi connectivity index (χ2v) is 6.90. The van der Waals surface area contributed by atoms with E-state index < -0.39 is 0 Å². The molecule has 0 aliphatic carbocycles. The minimum Gasteiger partial charge on any atom is -0.444 e. The molecule has 2 fully saturated rings. The summed E-state index contributed by atoms with van der Waals surface area (Å²) >= 11 is 0. The molecule has 1 aromatic heterocycles. The van der Waals surface area contributed by atoms with Gasteiger partial charge < -0.3 is 9.32 Å². The van der Waals surface area contributed by atoms with Crippen LogP contribution in [-0.2, 0) is 6.54 Å². The summed E-state index contributed by atoms with van der Waals surface area (Å²) in [6.07, 6.45) is 6.97. The van der Waals surface area contributed by atoms with Gasteiger partial charge >= 0.3 is 0 Å². The van der Waals surface area contributed by atoms with E-state index in [0.717, 1.165) is 36.9 Å². The molecule has 1 aromatic carbocycles. The molecule has 128 valence electrons. The van der Waals surface area contributed by atoms with Gasteiger partial charge in [-0.2, -0.15) is 0 Å². The largest absolute Gasteiger partial charge is 0.444 e. The Kier molecular flexibility index (Phi) is 4.63. The van der Waals surface area contributed by atoms with E-state index in [1.165, 1.54) is 50.9 Å². The van der Waals surface area contributed by atoms with Gasteiger partial charge in [-0.15, -0.1) is 0 Å². The van der Waals surface area contributed by atoms with Crippen LogP contribution in [0.2, 0.25) is 0 Å². The topological polar surface area (TPSA) is 32.5 Å². The first-order valence-electron chi connectivity index (χ1n) is 8.95. The third kappa shape index (κ3) is 3.52. The van der Waals surface area contributed by atoms with Gasteiger partial charge in [0.1, 0.15) is 12.1 Å². The van der Waals surface area contributed by atoms with Crippen LogP contribution >= 0.6 is 0 Å². The van der Waals surface area contributed by atoms with Crippen molar-refractivity contribution >= 4 is 0 Å². The van der Waals surface area contributed by atoms with Crippen LogP contribution in [0.3, 0.4) is 0 Å². The van der Waals surface area contributed by atoms with E-state index in [1.54, 1.807) is 18.4 Å². The first kappa shape index (κ1) is 15.8. The highest BCUT2D eigenvalue weighted by molar-refractivity contribution is 5.52. The van der Waals surface area contributed by atoms with Crippen molar-refractivity contribution in [3.8, 4) is 11.5 Å². The third-order valence-electron chi connectivity index (χ3n) is 5.24. The molecule has 0 saturated carbocycles. The maximum absolute atomic E-state index is 13.0. The second-order valence-electron chi connectivity index (χ2n) is 6.90. The zero-order valence-electron chi connectivity index (χ0n) is 14.0. The van der Waals surface area contributed by atoms with Crippen LogP contribution in [0.15, 0.2) is 34.9 Å². The Morgan fingerprint density at radius 3 is 2.46 bits per heavy atom. The minimum absolute atomic E-state index is 0.244. The zero-order valence-corrected chi connectivity index (χ0v) is 14.0. The number of rotatable bonds is 4. The van der Waals surface area contributed by atoms with Crippen LogP contribution < -0.4 is 0 Å². The van der Waals surface area contributed by atoms with Gasteiger partial charge in [-0.05, 0) is 63.0 Å². The number of benzene rings is 1. The van der Waals surface area contributed by atoms with Crippen molar-refractivity contribution in [3.05, 3.63) is 42.0 Å². The summed E-state index contributed by atoms with van der Waals surface area (Å²) in [7, 11) is 0. The molecule has 2 aromatic rings. The maximum Gasteiger partial charge on any atom is 0.226 e. The van der Waals surface area contributed by atoms with Gasteiger partial charge in [0.15, 0.2) is 0 Å². The average molecular weight is 329 g/mol. The number of nitrogens with zero attached hydrogens (tertiary/aromatic N) is 3. The van der Waals surface area contributed by atoms with Crippen molar-refractivity contribution < 1.29 is 8.81 Å². The molecular formula is C19H24FN3O. The Morgan fingerprint density at radius 2 is 1.75 bits per heavy atom. The first-order chi connectivity index (χ1) is 11.8. The van der Waals surface area contributed by atoms with Crippen molar-refractivity contribution in [1.82, 2.24) is 14.8 Å². The molecule has 4 rings (SSSR count). The van der Waals surface area contributed by atoms with E-state index in [0.29, 0.717) is 5.89 Å². The van der Waals surface area contributed by atoms with Gasteiger partial charge in [-0.1, -0.05) is 0 Å². The van der Waals surface area contributed by atoms with E-state index >= 15 is 0 Å². The van der Waals surface area contributed by atoms with E-state index in [9.17, 15) is 4.39 Å². The number of piperidine rings is 1. The highest BCUT2D eigenvalue weighted by Gasteiger charge is 2.26. The van der Waals surface area contributed by atoms with Crippen LogP contribution in [0, 0.1) is 5.82 Å². The van der Waals surface area contributed by atoms with Crippen LogP contribution in [0.25, 0.3) is 11.5 Å². The molecule has 4 nitrogen and oxygen atoms in total. The molecule has 0 unspecified atom stereocenters. The molecular weight excluding hydrogens is 305 g/mol. The Labute approximate surface area is 142 Å². The fourth-order valence-corrected chi connectivity index (χ4v) is 3.88. The number of aromatic nitrogens is 1. The van der Waals surface area contributed by atoms with E-state index in [4.69, 9.17) is 4.42 Å². The van der Waals surface area contributed by atoms with Gasteiger partial charge in [-0.25, -0.2) is 9.37 Å². The molecule has 24 heavy (non-hydrogen) atoms. The Balaban J connectivity index is 1.32. The van der Waals surface area contributed by atoms with Crippen LogP contribution in [0.5, 0.6) is 0 Å². The van der Waals surface area contributed by atoms with Gasteiger partial charge in [0.25, 0.3) is 0 Å². The lowest BCUT2D eigenvalue weighted by Gasteiger charge is -2.36. The number of halogens is 1. The molecule has 2 aliphatic heterocycles. The quantitative estimate of drug-likeness (QED) is 0.859. The molecule has 2 aliphatic rings. The summed E-state index contributed by atoms with van der Waals surface area (Å²) in [4.78, 5) is 9.68. The number of hydrogen-bond acceptors (Lipinski definition) is 4. The molecule has 3 heterocycles. The van der Waals surface area contributed by atoms with Gasteiger partial charge in [0.05, 0.1) is 5.69 Å². The van der Waals surface area contributed by atoms with Crippen LogP contribution in [-0.4, -0.2) is 47.0 Å². The van der Waals surface area contributed by atoms with E-state index in [-0.39, 0.29) is 5.82 Å². The van der Waals surface area contributed by atoms with Gasteiger partial charge in [0.2, 0.25) is 5.89 Å². The van der Waals surface area contributed by atoms with Gasteiger partial charge in [0, 0.05) is 31.2 Å². The number of hydrogen-bond donors (Lipinski definition) is 0. The van der Waals surface area contributed by atoms with E-state index in [2.05, 4.69) is 14.8 Å². The lowest BCUT2D eigenvalue weighted by molar-refractivity contribution is 0.122. The molecule has 0 bridgehead atoms. The molecule has 0 amide bonds. The van der Waals surface area contributed by atoms with E-state index in [1.807, 2.05) is 0 Å². The zero-order chi connectivity index (χ0) is 16.4. The molecule has 0 spiro atoms. The smallest absolute Gasteiger partial charge is 0.226 e. The normalized spacial score (nSPS) is 20.7. The fraction of sp³-hybridized carbons (Fsp3) is 0.526. The van der Waals surface area contributed by atoms with Crippen molar-refractivity contribution in [3.63, 3.8) is 0 Å². The number of oxazole rings is 1. The van der Waals surface area contributed by atoms with Crippen LogP contribution in [0.4, 0.5) is 4.39 Å². The summed E-state index contributed by atoms with van der Waals surface area (Å²) in [5, 5.41) is 0. The number of likely N-dealkylation sites (tertiary alicyclic amines) is 2. The Hall–Kier alpha value is -1.72. The monoisotopic (exact) mass is 329 g/mol. The Morgan fingerprint density at radius 1 is 1.04 bits per heavy atom. The highest BCUT2D eigenvalue weighted by Crippen LogP contribution is 2.23. The van der Waals surface area contributed by atoms with Gasteiger partial charge in [-0.3, -0.25) is 4.90 Å². The predicted octanol–water partition coefficient (Wildman–Crippen LogP) is 3.54. The highest BCUT2D eigenvalue weighted by atomic mass is 19.1. The fourth-order valence-electron chi connectivity index (χ4n) is 3.88. The minimum atomic E-state index is -0.244. The molecule has 5 heteroatoms. The third-order valence-corrected chi connectivity index (χ3v) is 5.24. The van der Waals surface area contributed by atoms with Crippen molar-refractivity contribution in [2.75, 3.05) is 26.2 Å². The summed E-state index contributed by atoms with van der Waals surface area (Å²) < 4.78 is 18.6.